The minimum Gasteiger partial charge on any atom is -0.492 e. The molecule has 0 spiro atoms. The zero-order chi connectivity index (χ0) is 15.2. The van der Waals surface area contributed by atoms with Crippen molar-refractivity contribution >= 4 is 17.5 Å². The van der Waals surface area contributed by atoms with Crippen molar-refractivity contribution in [3.05, 3.63) is 59.1 Å². The quantitative estimate of drug-likeness (QED) is 0.797. The first-order valence-corrected chi connectivity index (χ1v) is 6.70. The fraction of sp³-hybridized carbons (Fsp3) is 0.200. The number of hydrogen-bond acceptors (Lipinski definition) is 3. The van der Waals surface area contributed by atoms with E-state index in [4.69, 9.17) is 16.3 Å². The number of carbonyl (C=O) groups is 1. The molecule has 1 heterocycles. The summed E-state index contributed by atoms with van der Waals surface area (Å²) in [6.07, 6.45) is 0.970. The second-order valence-electron chi connectivity index (χ2n) is 4.38. The summed E-state index contributed by atoms with van der Waals surface area (Å²) in [6, 6.07) is 10.4. The Morgan fingerprint density at radius 2 is 2.10 bits per heavy atom. The third-order valence-electron chi connectivity index (χ3n) is 2.82. The molecule has 0 radical (unpaired) electrons. The van der Waals surface area contributed by atoms with Crippen molar-refractivity contribution in [3.63, 3.8) is 0 Å². The fourth-order valence-corrected chi connectivity index (χ4v) is 1.88. The SMILES string of the molecule is CN(CCOc1ccccc1)C(=O)c1cc(F)cnc1Cl. The van der Waals surface area contributed by atoms with Crippen LogP contribution in [0.1, 0.15) is 10.4 Å². The van der Waals surface area contributed by atoms with Crippen molar-refractivity contribution in [2.24, 2.45) is 0 Å². The normalized spacial score (nSPS) is 10.2. The highest BCUT2D eigenvalue weighted by atomic mass is 35.5. The van der Waals surface area contributed by atoms with E-state index in [1.54, 1.807) is 7.05 Å². The lowest BCUT2D eigenvalue weighted by molar-refractivity contribution is 0.0773. The largest absolute Gasteiger partial charge is 0.492 e. The number of carbonyl (C=O) groups excluding carboxylic acids is 1. The Bertz CT molecular complexity index is 622. The number of likely N-dealkylation sites (N-methyl/N-ethyl adjacent to an activating group) is 1. The third kappa shape index (κ3) is 4.16. The van der Waals surface area contributed by atoms with E-state index in [1.807, 2.05) is 30.3 Å². The zero-order valence-electron chi connectivity index (χ0n) is 11.4. The predicted molar refractivity (Wildman–Crippen MR) is 78.1 cm³/mol. The first kappa shape index (κ1) is 15.3. The smallest absolute Gasteiger partial charge is 0.256 e. The number of ether oxygens (including phenoxy) is 1. The summed E-state index contributed by atoms with van der Waals surface area (Å²) >= 11 is 5.81. The Labute approximate surface area is 127 Å². The van der Waals surface area contributed by atoms with Crippen LogP contribution in [0.4, 0.5) is 4.39 Å². The Kier molecular flexibility index (Phi) is 5.11. The van der Waals surface area contributed by atoms with Crippen LogP contribution in [0.5, 0.6) is 5.75 Å². The Balaban J connectivity index is 1.92. The zero-order valence-corrected chi connectivity index (χ0v) is 12.2. The van der Waals surface area contributed by atoms with Crippen molar-refractivity contribution in [3.8, 4) is 5.75 Å². The van der Waals surface area contributed by atoms with Crippen molar-refractivity contribution in [1.29, 1.82) is 0 Å². The highest BCUT2D eigenvalue weighted by Crippen LogP contribution is 2.15. The van der Waals surface area contributed by atoms with Gasteiger partial charge in [-0.3, -0.25) is 4.79 Å². The van der Waals surface area contributed by atoms with E-state index < -0.39 is 11.7 Å². The van der Waals surface area contributed by atoms with Crippen LogP contribution in [0.2, 0.25) is 5.15 Å². The number of pyridine rings is 1. The molecule has 21 heavy (non-hydrogen) atoms. The van der Waals surface area contributed by atoms with Crippen LogP contribution in [0.25, 0.3) is 0 Å². The van der Waals surface area contributed by atoms with E-state index in [9.17, 15) is 9.18 Å². The Hall–Kier alpha value is -2.14. The maximum absolute atomic E-state index is 13.1. The number of rotatable bonds is 5. The predicted octanol–water partition coefficient (Wildman–Crippen LogP) is 3.03. The van der Waals surface area contributed by atoms with Crippen molar-refractivity contribution < 1.29 is 13.9 Å². The molecule has 0 aliphatic heterocycles. The van der Waals surface area contributed by atoms with Crippen molar-refractivity contribution in [1.82, 2.24) is 9.88 Å². The van der Waals surface area contributed by atoms with Gasteiger partial charge < -0.3 is 9.64 Å². The van der Waals surface area contributed by atoms with Crippen molar-refractivity contribution in [2.75, 3.05) is 20.2 Å². The van der Waals surface area contributed by atoms with Gasteiger partial charge in [0.05, 0.1) is 18.3 Å². The van der Waals surface area contributed by atoms with Gasteiger partial charge in [-0.2, -0.15) is 0 Å². The van der Waals surface area contributed by atoms with Gasteiger partial charge >= 0.3 is 0 Å². The molecule has 1 amide bonds. The molecule has 1 aromatic heterocycles. The summed E-state index contributed by atoms with van der Waals surface area (Å²) in [5, 5.41) is -0.0165. The standard InChI is InChI=1S/C15H14ClFN2O2/c1-19(7-8-21-12-5-3-2-4-6-12)15(20)13-9-11(17)10-18-14(13)16/h2-6,9-10H,7-8H2,1H3. The maximum atomic E-state index is 13.1. The summed E-state index contributed by atoms with van der Waals surface area (Å²) in [7, 11) is 1.60. The molecular weight excluding hydrogens is 295 g/mol. The van der Waals surface area contributed by atoms with E-state index in [2.05, 4.69) is 4.98 Å². The molecule has 6 heteroatoms. The second-order valence-corrected chi connectivity index (χ2v) is 4.74. The topological polar surface area (TPSA) is 42.4 Å². The molecule has 0 unspecified atom stereocenters. The van der Waals surface area contributed by atoms with Gasteiger partial charge in [0.2, 0.25) is 0 Å². The lowest BCUT2D eigenvalue weighted by atomic mass is 10.2. The van der Waals surface area contributed by atoms with E-state index in [0.29, 0.717) is 13.2 Å². The van der Waals surface area contributed by atoms with Gasteiger partial charge in [-0.15, -0.1) is 0 Å². The van der Waals surface area contributed by atoms with Gasteiger partial charge in [-0.25, -0.2) is 9.37 Å². The van der Waals surface area contributed by atoms with Gasteiger partial charge in [0.1, 0.15) is 23.3 Å². The molecule has 0 N–H and O–H groups in total. The van der Waals surface area contributed by atoms with Gasteiger partial charge in [0, 0.05) is 7.05 Å². The number of aromatic nitrogens is 1. The molecule has 4 nitrogen and oxygen atoms in total. The average molecular weight is 309 g/mol. The summed E-state index contributed by atoms with van der Waals surface area (Å²) in [5.74, 6) is -0.274. The monoisotopic (exact) mass is 308 g/mol. The highest BCUT2D eigenvalue weighted by Gasteiger charge is 2.16. The summed E-state index contributed by atoms with van der Waals surface area (Å²) < 4.78 is 18.6. The molecule has 0 atom stereocenters. The number of benzene rings is 1. The van der Waals surface area contributed by atoms with Gasteiger partial charge in [-0.05, 0) is 18.2 Å². The van der Waals surface area contributed by atoms with E-state index >= 15 is 0 Å². The number of halogens is 2. The number of para-hydroxylation sites is 1. The average Bonchev–Trinajstić information content (AvgIpc) is 2.50. The van der Waals surface area contributed by atoms with Crippen LogP contribution in [0.15, 0.2) is 42.6 Å². The van der Waals surface area contributed by atoms with Gasteiger partial charge in [0.15, 0.2) is 0 Å². The van der Waals surface area contributed by atoms with Crippen LogP contribution >= 0.6 is 11.6 Å². The second kappa shape index (κ2) is 7.04. The first-order valence-electron chi connectivity index (χ1n) is 6.32. The summed E-state index contributed by atoms with van der Waals surface area (Å²) in [4.78, 5) is 17.2. The molecule has 0 saturated carbocycles. The molecule has 0 aliphatic rings. The number of hydrogen-bond donors (Lipinski definition) is 0. The van der Waals surface area contributed by atoms with Crippen LogP contribution in [-0.4, -0.2) is 36.0 Å². The van der Waals surface area contributed by atoms with Crippen LogP contribution in [0.3, 0.4) is 0 Å². The summed E-state index contributed by atoms with van der Waals surface area (Å²) in [6.45, 7) is 0.674. The molecule has 110 valence electrons. The Morgan fingerprint density at radius 3 is 2.81 bits per heavy atom. The van der Waals surface area contributed by atoms with Crippen LogP contribution in [0, 0.1) is 5.82 Å². The van der Waals surface area contributed by atoms with Gasteiger partial charge in [0.25, 0.3) is 5.91 Å². The van der Waals surface area contributed by atoms with E-state index in [-0.39, 0.29) is 10.7 Å². The van der Waals surface area contributed by atoms with Crippen LogP contribution in [-0.2, 0) is 0 Å². The van der Waals surface area contributed by atoms with Crippen LogP contribution < -0.4 is 4.74 Å². The molecule has 0 aliphatic carbocycles. The highest BCUT2D eigenvalue weighted by molar-refractivity contribution is 6.32. The maximum Gasteiger partial charge on any atom is 0.256 e. The summed E-state index contributed by atoms with van der Waals surface area (Å²) in [5.41, 5.74) is 0.0406. The Morgan fingerprint density at radius 1 is 1.38 bits per heavy atom. The van der Waals surface area contributed by atoms with Gasteiger partial charge in [-0.1, -0.05) is 29.8 Å². The molecule has 0 saturated heterocycles. The molecule has 2 aromatic rings. The molecule has 2 rings (SSSR count). The van der Waals surface area contributed by atoms with E-state index in [1.165, 1.54) is 4.90 Å². The molecule has 0 fully saturated rings. The lowest BCUT2D eigenvalue weighted by Gasteiger charge is -2.18. The van der Waals surface area contributed by atoms with E-state index in [0.717, 1.165) is 18.0 Å². The fourth-order valence-electron chi connectivity index (χ4n) is 1.70. The number of amides is 1. The molecule has 0 bridgehead atoms. The third-order valence-corrected chi connectivity index (χ3v) is 3.12. The number of nitrogens with zero attached hydrogens (tertiary/aromatic N) is 2. The molecule has 1 aromatic carbocycles. The minimum absolute atomic E-state index is 0.0165. The lowest BCUT2D eigenvalue weighted by Crippen LogP contribution is -2.31. The minimum atomic E-state index is -0.600. The first-order chi connectivity index (χ1) is 10.1. The molecular formula is C15H14ClFN2O2. The van der Waals surface area contributed by atoms with Crippen molar-refractivity contribution in [2.45, 2.75) is 0 Å².